The summed E-state index contributed by atoms with van der Waals surface area (Å²) in [6.07, 6.45) is 7.39. The van der Waals surface area contributed by atoms with Crippen LogP contribution in [0.4, 0.5) is 5.69 Å². The number of methoxy groups -OCH3 is 1. The smallest absolute Gasteiger partial charge is 0.213 e. The Balaban J connectivity index is 1.49. The maximum atomic E-state index is 6.10. The van der Waals surface area contributed by atoms with Gasteiger partial charge in [-0.3, -0.25) is 4.98 Å². The van der Waals surface area contributed by atoms with Gasteiger partial charge in [0, 0.05) is 50.0 Å². The number of hydrogen-bond acceptors (Lipinski definition) is 5. The monoisotopic (exact) mass is 358 g/mol. The minimum absolute atomic E-state index is 0.211. The summed E-state index contributed by atoms with van der Waals surface area (Å²) >= 11 is 5.51. The summed E-state index contributed by atoms with van der Waals surface area (Å²) < 4.78 is 11.2. The molecule has 0 atom stereocenters. The first-order chi connectivity index (χ1) is 12.2. The molecule has 1 saturated heterocycles. The van der Waals surface area contributed by atoms with Gasteiger partial charge in [-0.05, 0) is 31.3 Å². The zero-order valence-corrected chi connectivity index (χ0v) is 15.3. The van der Waals surface area contributed by atoms with Crippen molar-refractivity contribution in [2.45, 2.75) is 25.9 Å². The largest absolute Gasteiger partial charge is 0.490 e. The Morgan fingerprint density at radius 3 is 2.68 bits per heavy atom. The van der Waals surface area contributed by atoms with Crippen LogP contribution in [0.15, 0.2) is 36.8 Å². The third-order valence-corrected chi connectivity index (χ3v) is 4.55. The average Bonchev–Trinajstić information content (AvgIpc) is 2.65. The Labute approximate surface area is 153 Å². The molecule has 1 aliphatic rings. The van der Waals surface area contributed by atoms with Crippen molar-refractivity contribution in [2.24, 2.45) is 0 Å². The van der Waals surface area contributed by atoms with Crippen LogP contribution < -0.4 is 14.8 Å². The van der Waals surface area contributed by atoms with Crippen LogP contribution in [0.25, 0.3) is 0 Å². The lowest BCUT2D eigenvalue weighted by atomic mass is 10.1. The Morgan fingerprint density at radius 1 is 1.24 bits per heavy atom. The van der Waals surface area contributed by atoms with E-state index in [1.807, 2.05) is 31.3 Å². The molecule has 132 valence electrons. The van der Waals surface area contributed by atoms with Gasteiger partial charge in [0.05, 0.1) is 19.0 Å². The van der Waals surface area contributed by atoms with Crippen molar-refractivity contribution in [3.05, 3.63) is 42.4 Å². The predicted molar refractivity (Wildman–Crippen MR) is 101 cm³/mol. The molecule has 0 bridgehead atoms. The lowest BCUT2D eigenvalue weighted by Crippen LogP contribution is -2.43. The second kappa shape index (κ2) is 8.11. The van der Waals surface area contributed by atoms with Gasteiger partial charge in [-0.2, -0.15) is 0 Å². The molecule has 2 aromatic rings. The maximum absolute atomic E-state index is 6.10. The zero-order valence-electron chi connectivity index (χ0n) is 14.4. The molecule has 7 heteroatoms. The predicted octanol–water partition coefficient (Wildman–Crippen LogP) is 3.03. The van der Waals surface area contributed by atoms with Crippen molar-refractivity contribution in [1.29, 1.82) is 0 Å². The fourth-order valence-corrected chi connectivity index (χ4v) is 3.03. The first-order valence-corrected chi connectivity index (χ1v) is 8.70. The first-order valence-electron chi connectivity index (χ1n) is 8.29. The molecule has 1 aliphatic heterocycles. The summed E-state index contributed by atoms with van der Waals surface area (Å²) in [6, 6.07) is 5.63. The van der Waals surface area contributed by atoms with Gasteiger partial charge in [0.25, 0.3) is 0 Å². The Morgan fingerprint density at radius 2 is 2.04 bits per heavy atom. The quantitative estimate of drug-likeness (QED) is 0.843. The summed E-state index contributed by atoms with van der Waals surface area (Å²) in [5.41, 5.74) is 1.92. The molecule has 0 amide bonds. The highest BCUT2D eigenvalue weighted by Gasteiger charge is 2.22. The second-order valence-electron chi connectivity index (χ2n) is 5.96. The van der Waals surface area contributed by atoms with Crippen LogP contribution in [0.2, 0.25) is 0 Å². The van der Waals surface area contributed by atoms with Crippen LogP contribution in [-0.4, -0.2) is 46.3 Å². The van der Waals surface area contributed by atoms with Crippen LogP contribution >= 0.6 is 12.2 Å². The number of likely N-dealkylation sites (tertiary alicyclic amines) is 1. The third kappa shape index (κ3) is 4.57. The standard InChI is InChI=1S/C18H22N4O2S/c1-13-11-19-8-5-16(13)24-15-6-9-22(10-7-15)18(25)21-14-3-4-17(23-2)20-12-14/h3-5,8,11-12,15H,6-7,9-10H2,1-2H3,(H,21,25). The van der Waals surface area contributed by atoms with Crippen molar-refractivity contribution in [3.8, 4) is 11.6 Å². The number of aromatic nitrogens is 2. The van der Waals surface area contributed by atoms with Gasteiger partial charge < -0.3 is 19.7 Å². The summed E-state index contributed by atoms with van der Waals surface area (Å²) in [6.45, 7) is 3.74. The first kappa shape index (κ1) is 17.4. The van der Waals surface area contributed by atoms with Crippen LogP contribution in [-0.2, 0) is 0 Å². The van der Waals surface area contributed by atoms with E-state index in [0.29, 0.717) is 11.0 Å². The SMILES string of the molecule is COc1ccc(NC(=S)N2CCC(Oc3ccncc3C)CC2)cn1. The number of anilines is 1. The number of nitrogens with zero attached hydrogens (tertiary/aromatic N) is 3. The molecular formula is C18H22N4O2S. The van der Waals surface area contributed by atoms with Crippen molar-refractivity contribution < 1.29 is 9.47 Å². The zero-order chi connectivity index (χ0) is 17.6. The summed E-state index contributed by atoms with van der Waals surface area (Å²) in [7, 11) is 1.60. The maximum Gasteiger partial charge on any atom is 0.213 e. The molecule has 25 heavy (non-hydrogen) atoms. The van der Waals surface area contributed by atoms with Crippen molar-refractivity contribution in [2.75, 3.05) is 25.5 Å². The van der Waals surface area contributed by atoms with Crippen LogP contribution in [0, 0.1) is 6.92 Å². The van der Waals surface area contributed by atoms with E-state index in [-0.39, 0.29) is 6.10 Å². The molecule has 3 heterocycles. The van der Waals surface area contributed by atoms with E-state index in [4.69, 9.17) is 21.7 Å². The van der Waals surface area contributed by atoms with E-state index >= 15 is 0 Å². The van der Waals surface area contributed by atoms with Gasteiger partial charge in [0.2, 0.25) is 5.88 Å². The molecule has 0 unspecified atom stereocenters. The molecule has 3 rings (SSSR count). The Kier molecular flexibility index (Phi) is 5.65. The Bertz CT molecular complexity index is 715. The molecular weight excluding hydrogens is 336 g/mol. The van der Waals surface area contributed by atoms with Gasteiger partial charge in [-0.15, -0.1) is 0 Å². The Hall–Kier alpha value is -2.41. The fourth-order valence-electron chi connectivity index (χ4n) is 2.73. The number of thiocarbonyl (C=S) groups is 1. The number of hydrogen-bond donors (Lipinski definition) is 1. The van der Waals surface area contributed by atoms with E-state index in [2.05, 4.69) is 20.2 Å². The number of aryl methyl sites for hydroxylation is 1. The average molecular weight is 358 g/mol. The summed E-state index contributed by atoms with van der Waals surface area (Å²) in [4.78, 5) is 10.4. The number of rotatable bonds is 4. The second-order valence-corrected chi connectivity index (χ2v) is 6.35. The molecule has 6 nitrogen and oxygen atoms in total. The van der Waals surface area contributed by atoms with E-state index in [0.717, 1.165) is 42.9 Å². The number of piperidine rings is 1. The molecule has 0 aliphatic carbocycles. The van der Waals surface area contributed by atoms with Crippen molar-refractivity contribution in [1.82, 2.24) is 14.9 Å². The summed E-state index contributed by atoms with van der Waals surface area (Å²) in [5.74, 6) is 1.50. The van der Waals surface area contributed by atoms with E-state index < -0.39 is 0 Å². The minimum atomic E-state index is 0.211. The van der Waals surface area contributed by atoms with Gasteiger partial charge in [-0.25, -0.2) is 4.98 Å². The molecule has 1 N–H and O–H groups in total. The third-order valence-electron chi connectivity index (χ3n) is 4.19. The minimum Gasteiger partial charge on any atom is -0.490 e. The molecule has 2 aromatic heterocycles. The van der Waals surface area contributed by atoms with Gasteiger partial charge in [0.15, 0.2) is 5.11 Å². The van der Waals surface area contributed by atoms with Crippen LogP contribution in [0.3, 0.4) is 0 Å². The van der Waals surface area contributed by atoms with E-state index in [1.54, 1.807) is 19.5 Å². The van der Waals surface area contributed by atoms with Gasteiger partial charge in [0.1, 0.15) is 11.9 Å². The molecule has 0 saturated carbocycles. The van der Waals surface area contributed by atoms with Crippen molar-refractivity contribution in [3.63, 3.8) is 0 Å². The van der Waals surface area contributed by atoms with Crippen molar-refractivity contribution >= 4 is 23.0 Å². The van der Waals surface area contributed by atoms with Crippen LogP contribution in [0.1, 0.15) is 18.4 Å². The number of pyridine rings is 2. The molecule has 0 aromatic carbocycles. The van der Waals surface area contributed by atoms with E-state index in [1.165, 1.54) is 0 Å². The lowest BCUT2D eigenvalue weighted by Gasteiger charge is -2.34. The molecule has 0 radical (unpaired) electrons. The van der Waals surface area contributed by atoms with E-state index in [9.17, 15) is 0 Å². The number of ether oxygens (including phenoxy) is 2. The lowest BCUT2D eigenvalue weighted by molar-refractivity contribution is 0.131. The van der Waals surface area contributed by atoms with Crippen LogP contribution in [0.5, 0.6) is 11.6 Å². The van der Waals surface area contributed by atoms with Gasteiger partial charge >= 0.3 is 0 Å². The van der Waals surface area contributed by atoms with Gasteiger partial charge in [-0.1, -0.05) is 0 Å². The molecule has 0 spiro atoms. The highest BCUT2D eigenvalue weighted by Crippen LogP contribution is 2.22. The normalized spacial score (nSPS) is 14.9. The highest BCUT2D eigenvalue weighted by molar-refractivity contribution is 7.80. The highest BCUT2D eigenvalue weighted by atomic mass is 32.1. The fraction of sp³-hybridized carbons (Fsp3) is 0.389. The number of nitrogens with one attached hydrogen (secondary N) is 1. The summed E-state index contributed by atoms with van der Waals surface area (Å²) in [5, 5.41) is 3.94. The topological polar surface area (TPSA) is 59.5 Å². The molecule has 1 fully saturated rings.